The molecule has 0 bridgehead atoms. The van der Waals surface area contributed by atoms with Gasteiger partial charge in [0.25, 0.3) is 0 Å². The first-order chi connectivity index (χ1) is 4.20. The van der Waals surface area contributed by atoms with E-state index in [9.17, 15) is 0 Å². The summed E-state index contributed by atoms with van der Waals surface area (Å²) in [5.41, 5.74) is 0. The number of aliphatic imine (C=N–C) groups is 1. The van der Waals surface area contributed by atoms with E-state index in [1.54, 1.807) is 6.21 Å². The average molecular weight is 187 g/mol. The molecule has 0 aromatic carbocycles. The molecule has 0 aromatic rings. The molecule has 3 heteroatoms. The van der Waals surface area contributed by atoms with Gasteiger partial charge in [-0.05, 0) is 15.9 Å². The molecule has 0 saturated heterocycles. The number of halogens is 1. The summed E-state index contributed by atoms with van der Waals surface area (Å²) in [6.07, 6.45) is 3.64. The molecule has 0 saturated carbocycles. The van der Waals surface area contributed by atoms with Crippen molar-refractivity contribution in [3.63, 3.8) is 0 Å². The van der Waals surface area contributed by atoms with Crippen LogP contribution in [0.15, 0.2) is 28.1 Å². The van der Waals surface area contributed by atoms with Crippen molar-refractivity contribution in [1.29, 1.82) is 0 Å². The zero-order chi connectivity index (χ0) is 6.85. The monoisotopic (exact) mass is 186 g/mol. The van der Waals surface area contributed by atoms with Gasteiger partial charge in [-0.25, -0.2) is 4.99 Å². The lowest BCUT2D eigenvalue weighted by Crippen LogP contribution is -2.11. The van der Waals surface area contributed by atoms with Crippen LogP contribution in [0, 0.1) is 0 Å². The second-order valence-corrected chi connectivity index (χ2v) is 2.71. The highest BCUT2D eigenvalue weighted by Gasteiger charge is 2.01. The molecule has 1 heterocycles. The van der Waals surface area contributed by atoms with Crippen LogP contribution < -0.4 is 0 Å². The topological polar surface area (TPSA) is 15.6 Å². The molecule has 1 rings (SSSR count). The van der Waals surface area contributed by atoms with Crippen LogP contribution >= 0.6 is 15.9 Å². The van der Waals surface area contributed by atoms with Gasteiger partial charge < -0.3 is 4.90 Å². The highest BCUT2D eigenvalue weighted by Crippen LogP contribution is 2.12. The van der Waals surface area contributed by atoms with Crippen LogP contribution in [0.5, 0.6) is 0 Å². The quantitative estimate of drug-likeness (QED) is 0.563. The summed E-state index contributed by atoms with van der Waals surface area (Å²) in [6.45, 7) is 3.69. The molecular formula is C6H7BrN2. The van der Waals surface area contributed by atoms with Crippen molar-refractivity contribution in [2.24, 2.45) is 4.99 Å². The normalized spacial score (nSPS) is 18.2. The minimum Gasteiger partial charge on any atom is -0.335 e. The molecule has 0 radical (unpaired) electrons. The Balaban J connectivity index is 2.82. The maximum Gasteiger partial charge on any atom is 0.124 e. The molecule has 0 fully saturated rings. The molecule has 1 aliphatic rings. The summed E-state index contributed by atoms with van der Waals surface area (Å²) >= 11 is 3.29. The number of rotatable bonds is 0. The maximum atomic E-state index is 3.98. The molecule has 2 nitrogen and oxygen atoms in total. The van der Waals surface area contributed by atoms with Crippen molar-refractivity contribution < 1.29 is 0 Å². The summed E-state index contributed by atoms with van der Waals surface area (Å²) in [5.74, 6) is 0.762. The van der Waals surface area contributed by atoms with Crippen LogP contribution in [0.2, 0.25) is 0 Å². The first-order valence-corrected chi connectivity index (χ1v) is 3.32. The van der Waals surface area contributed by atoms with Crippen molar-refractivity contribution in [2.75, 3.05) is 7.05 Å². The second kappa shape index (κ2) is 2.35. The SMILES string of the molecule is C=C1N=CC(Br)=CN1C. The van der Waals surface area contributed by atoms with Gasteiger partial charge in [0.1, 0.15) is 5.82 Å². The van der Waals surface area contributed by atoms with Crippen molar-refractivity contribution >= 4 is 22.1 Å². The van der Waals surface area contributed by atoms with E-state index < -0.39 is 0 Å². The van der Waals surface area contributed by atoms with E-state index in [2.05, 4.69) is 27.5 Å². The second-order valence-electron chi connectivity index (χ2n) is 1.80. The fraction of sp³-hybridized carbons (Fsp3) is 0.167. The molecule has 48 valence electrons. The van der Waals surface area contributed by atoms with E-state index in [0.717, 1.165) is 10.3 Å². The molecule has 1 aliphatic heterocycles. The Morgan fingerprint density at radius 1 is 1.78 bits per heavy atom. The fourth-order valence-electron chi connectivity index (χ4n) is 0.520. The highest BCUT2D eigenvalue weighted by atomic mass is 79.9. The van der Waals surface area contributed by atoms with Crippen LogP contribution in [0.25, 0.3) is 0 Å². The van der Waals surface area contributed by atoms with Crippen LogP contribution in [0.1, 0.15) is 0 Å². The summed E-state index contributed by atoms with van der Waals surface area (Å²) in [6, 6.07) is 0. The van der Waals surface area contributed by atoms with E-state index in [-0.39, 0.29) is 0 Å². The lowest BCUT2D eigenvalue weighted by Gasteiger charge is -2.16. The van der Waals surface area contributed by atoms with Gasteiger partial charge in [-0.2, -0.15) is 0 Å². The zero-order valence-electron chi connectivity index (χ0n) is 5.13. The number of hydrogen-bond acceptors (Lipinski definition) is 2. The first-order valence-electron chi connectivity index (χ1n) is 2.53. The fourth-order valence-corrected chi connectivity index (χ4v) is 0.930. The third kappa shape index (κ3) is 1.42. The van der Waals surface area contributed by atoms with Crippen molar-refractivity contribution in [1.82, 2.24) is 4.90 Å². The highest BCUT2D eigenvalue weighted by molar-refractivity contribution is 9.12. The summed E-state index contributed by atoms with van der Waals surface area (Å²) in [4.78, 5) is 5.83. The van der Waals surface area contributed by atoms with Crippen LogP contribution in [-0.4, -0.2) is 18.2 Å². The molecule has 0 spiro atoms. The molecule has 0 atom stereocenters. The Hall–Kier alpha value is -0.570. The zero-order valence-corrected chi connectivity index (χ0v) is 6.72. The third-order valence-corrected chi connectivity index (χ3v) is 1.47. The van der Waals surface area contributed by atoms with Crippen molar-refractivity contribution in [2.45, 2.75) is 0 Å². The summed E-state index contributed by atoms with van der Waals surface area (Å²) in [7, 11) is 1.90. The van der Waals surface area contributed by atoms with Crippen molar-refractivity contribution in [3.8, 4) is 0 Å². The minimum absolute atomic E-state index is 0.762. The smallest absolute Gasteiger partial charge is 0.124 e. The summed E-state index contributed by atoms with van der Waals surface area (Å²) in [5, 5.41) is 0. The predicted molar refractivity (Wildman–Crippen MR) is 42.4 cm³/mol. The van der Waals surface area contributed by atoms with E-state index in [0.29, 0.717) is 0 Å². The first kappa shape index (κ1) is 6.55. The molecular weight excluding hydrogens is 180 g/mol. The maximum absolute atomic E-state index is 3.98. The molecule has 0 amide bonds. The average Bonchev–Trinajstić information content (AvgIpc) is 1.80. The molecule has 9 heavy (non-hydrogen) atoms. The van der Waals surface area contributed by atoms with E-state index in [4.69, 9.17) is 0 Å². The van der Waals surface area contributed by atoms with Gasteiger partial charge in [-0.1, -0.05) is 6.58 Å². The van der Waals surface area contributed by atoms with Crippen LogP contribution in [0.4, 0.5) is 0 Å². The lowest BCUT2D eigenvalue weighted by molar-refractivity contribution is 0.561. The van der Waals surface area contributed by atoms with Gasteiger partial charge in [0.05, 0.1) is 4.48 Å². The number of nitrogens with zero attached hydrogens (tertiary/aromatic N) is 2. The minimum atomic E-state index is 0.762. The van der Waals surface area contributed by atoms with Gasteiger partial charge in [0.2, 0.25) is 0 Å². The van der Waals surface area contributed by atoms with Gasteiger partial charge in [-0.3, -0.25) is 0 Å². The van der Waals surface area contributed by atoms with E-state index >= 15 is 0 Å². The van der Waals surface area contributed by atoms with Gasteiger partial charge >= 0.3 is 0 Å². The molecule has 0 unspecified atom stereocenters. The van der Waals surface area contributed by atoms with Gasteiger partial charge in [-0.15, -0.1) is 0 Å². The Morgan fingerprint density at radius 2 is 2.44 bits per heavy atom. The molecule has 0 aromatic heterocycles. The van der Waals surface area contributed by atoms with E-state index in [1.165, 1.54) is 0 Å². The Labute approximate surface area is 62.7 Å². The Bertz CT molecular complexity index is 193. The lowest BCUT2D eigenvalue weighted by atomic mass is 10.5. The number of hydrogen-bond donors (Lipinski definition) is 0. The summed E-state index contributed by atoms with van der Waals surface area (Å²) < 4.78 is 0.970. The molecule has 0 N–H and O–H groups in total. The largest absolute Gasteiger partial charge is 0.335 e. The third-order valence-electron chi connectivity index (χ3n) is 1.06. The van der Waals surface area contributed by atoms with Crippen LogP contribution in [-0.2, 0) is 0 Å². The Kier molecular flexibility index (Phi) is 1.71. The van der Waals surface area contributed by atoms with Crippen LogP contribution in [0.3, 0.4) is 0 Å². The predicted octanol–water partition coefficient (Wildman–Crippen LogP) is 1.71. The van der Waals surface area contributed by atoms with Gasteiger partial charge in [0.15, 0.2) is 0 Å². The van der Waals surface area contributed by atoms with E-state index in [1.807, 2.05) is 18.1 Å². The number of allylic oxidation sites excluding steroid dienone is 1. The van der Waals surface area contributed by atoms with Gasteiger partial charge in [0, 0.05) is 19.5 Å². The van der Waals surface area contributed by atoms with Crippen molar-refractivity contribution in [3.05, 3.63) is 23.1 Å². The molecule has 0 aliphatic carbocycles. The Morgan fingerprint density at radius 3 is 2.89 bits per heavy atom. The standard InChI is InChI=1S/C6H7BrN2/c1-5-8-3-6(7)4-9(5)2/h3-4H,1H2,2H3.